The summed E-state index contributed by atoms with van der Waals surface area (Å²) in [6.07, 6.45) is 0.669. The zero-order valence-corrected chi connectivity index (χ0v) is 16.9. The first kappa shape index (κ1) is 20.3. The van der Waals surface area contributed by atoms with Crippen molar-refractivity contribution in [1.82, 2.24) is 0 Å². The lowest BCUT2D eigenvalue weighted by Gasteiger charge is -2.26. The quantitative estimate of drug-likeness (QED) is 0.657. The van der Waals surface area contributed by atoms with Gasteiger partial charge in [-0.3, -0.25) is 4.57 Å². The van der Waals surface area contributed by atoms with E-state index in [1.165, 1.54) is 0 Å². The van der Waals surface area contributed by atoms with Gasteiger partial charge < -0.3 is 14.5 Å². The van der Waals surface area contributed by atoms with Gasteiger partial charge in [0.15, 0.2) is 5.85 Å². The summed E-state index contributed by atoms with van der Waals surface area (Å²) in [7, 11) is 0.197. The first-order chi connectivity index (χ1) is 11.8. The molecule has 0 aliphatic rings. The summed E-state index contributed by atoms with van der Waals surface area (Å²) in [6.45, 7) is 2.17. The molecule has 0 amide bonds. The molecule has 0 saturated carbocycles. The molecule has 2 unspecified atom stereocenters. The molecule has 0 heterocycles. The molecular weight excluding hydrogens is 380 g/mol. The molecule has 1 N–H and O–H groups in total. The molecule has 0 aromatic heterocycles. The van der Waals surface area contributed by atoms with Crippen molar-refractivity contribution in [2.75, 3.05) is 25.6 Å². The van der Waals surface area contributed by atoms with Crippen molar-refractivity contribution in [3.8, 4) is 0 Å². The lowest BCUT2D eigenvalue weighted by molar-refractivity contribution is 0.214. The van der Waals surface area contributed by atoms with Gasteiger partial charge in [0.1, 0.15) is 0 Å². The molecule has 0 fully saturated rings. The van der Waals surface area contributed by atoms with E-state index in [4.69, 9.17) is 27.7 Å². The highest BCUT2D eigenvalue weighted by Gasteiger charge is 2.38. The molecule has 25 heavy (non-hydrogen) atoms. The second-order valence-electron chi connectivity index (χ2n) is 5.85. The van der Waals surface area contributed by atoms with Crippen molar-refractivity contribution in [2.45, 2.75) is 19.2 Å². The summed E-state index contributed by atoms with van der Waals surface area (Å²) >= 11 is 12.4. The monoisotopic (exact) mass is 401 g/mol. The van der Waals surface area contributed by atoms with Crippen LogP contribution in [0.25, 0.3) is 0 Å². The second-order valence-corrected chi connectivity index (χ2v) is 9.12. The maximum absolute atomic E-state index is 13.7. The molecule has 0 spiro atoms. The minimum Gasteiger partial charge on any atom is -0.378 e. The van der Waals surface area contributed by atoms with Crippen LogP contribution < -0.4 is 10.2 Å². The smallest absolute Gasteiger partial charge is 0.264 e. The SMILES string of the molecule is CCCOP(=O)(c1ccc(N(C)C)cc1)C(O)c1c(Cl)cccc1Cl. The van der Waals surface area contributed by atoms with Crippen LogP contribution in [0.15, 0.2) is 42.5 Å². The molecule has 0 aliphatic heterocycles. The maximum atomic E-state index is 13.7. The third kappa shape index (κ3) is 4.39. The van der Waals surface area contributed by atoms with E-state index >= 15 is 0 Å². The van der Waals surface area contributed by atoms with Gasteiger partial charge in [0, 0.05) is 40.7 Å². The van der Waals surface area contributed by atoms with Crippen LogP contribution in [0.1, 0.15) is 24.8 Å². The van der Waals surface area contributed by atoms with Gasteiger partial charge in [0.25, 0.3) is 7.37 Å². The van der Waals surface area contributed by atoms with Gasteiger partial charge in [-0.1, -0.05) is 36.2 Å². The third-order valence-electron chi connectivity index (χ3n) is 3.79. The summed E-state index contributed by atoms with van der Waals surface area (Å²) in [5.41, 5.74) is 1.18. The fourth-order valence-electron chi connectivity index (χ4n) is 2.40. The lowest BCUT2D eigenvalue weighted by atomic mass is 10.2. The predicted molar refractivity (Wildman–Crippen MR) is 106 cm³/mol. The highest BCUT2D eigenvalue weighted by molar-refractivity contribution is 7.67. The second kappa shape index (κ2) is 8.57. The number of rotatable bonds is 7. The van der Waals surface area contributed by atoms with E-state index in [2.05, 4.69) is 0 Å². The van der Waals surface area contributed by atoms with Crippen molar-refractivity contribution >= 4 is 41.6 Å². The Hall–Kier alpha value is -1.03. The van der Waals surface area contributed by atoms with Crippen molar-refractivity contribution in [1.29, 1.82) is 0 Å². The zero-order chi connectivity index (χ0) is 18.6. The maximum Gasteiger partial charge on any atom is 0.264 e. The summed E-state index contributed by atoms with van der Waals surface area (Å²) < 4.78 is 19.3. The number of anilines is 1. The van der Waals surface area contributed by atoms with Gasteiger partial charge in [-0.15, -0.1) is 0 Å². The van der Waals surface area contributed by atoms with Crippen molar-refractivity contribution in [3.63, 3.8) is 0 Å². The number of nitrogens with zero attached hydrogens (tertiary/aromatic N) is 1. The molecule has 2 aromatic carbocycles. The van der Waals surface area contributed by atoms with E-state index in [-0.39, 0.29) is 22.2 Å². The Kier molecular flexibility index (Phi) is 6.95. The topological polar surface area (TPSA) is 49.8 Å². The number of benzene rings is 2. The molecule has 0 bridgehead atoms. The van der Waals surface area contributed by atoms with Crippen LogP contribution in [-0.2, 0) is 9.09 Å². The van der Waals surface area contributed by atoms with Gasteiger partial charge in [0.2, 0.25) is 0 Å². The van der Waals surface area contributed by atoms with Crippen LogP contribution in [0.3, 0.4) is 0 Å². The largest absolute Gasteiger partial charge is 0.378 e. The Labute approximate surface area is 158 Å². The molecule has 0 aliphatic carbocycles. The average Bonchev–Trinajstić information content (AvgIpc) is 2.59. The van der Waals surface area contributed by atoms with Crippen molar-refractivity contribution in [3.05, 3.63) is 58.1 Å². The molecule has 2 atom stereocenters. The average molecular weight is 402 g/mol. The summed E-state index contributed by atoms with van der Waals surface area (Å²) in [5.74, 6) is -1.44. The van der Waals surface area contributed by atoms with Gasteiger partial charge >= 0.3 is 0 Å². The minimum absolute atomic E-state index is 0.224. The lowest BCUT2D eigenvalue weighted by Crippen LogP contribution is -2.16. The summed E-state index contributed by atoms with van der Waals surface area (Å²) in [4.78, 5) is 1.93. The molecule has 0 saturated heterocycles. The fourth-order valence-corrected chi connectivity index (χ4v) is 5.36. The Morgan fingerprint density at radius 1 is 1.12 bits per heavy atom. The van der Waals surface area contributed by atoms with Crippen molar-refractivity contribution < 1.29 is 14.2 Å². The number of aliphatic hydroxyl groups excluding tert-OH is 1. The molecule has 0 radical (unpaired) electrons. The van der Waals surface area contributed by atoms with Crippen LogP contribution in [0.4, 0.5) is 5.69 Å². The zero-order valence-electron chi connectivity index (χ0n) is 14.4. The number of hydrogen-bond donors (Lipinski definition) is 1. The third-order valence-corrected chi connectivity index (χ3v) is 6.94. The van der Waals surface area contributed by atoms with E-state index in [1.54, 1.807) is 30.3 Å². The van der Waals surface area contributed by atoms with Crippen LogP contribution in [0.2, 0.25) is 10.0 Å². The normalized spacial score (nSPS) is 14.8. The molecule has 2 aromatic rings. The minimum atomic E-state index is -3.64. The van der Waals surface area contributed by atoms with Crippen LogP contribution in [0.5, 0.6) is 0 Å². The standard InChI is InChI=1S/C18H22Cl2NO3P/c1-4-12-24-25(23,14-10-8-13(9-11-14)21(2)3)18(22)17-15(19)6-5-7-16(17)20/h5-11,18,22H,4,12H2,1-3H3. The van der Waals surface area contributed by atoms with E-state index in [1.807, 2.05) is 38.1 Å². The number of aliphatic hydroxyl groups is 1. The van der Waals surface area contributed by atoms with Gasteiger partial charge in [0.05, 0.1) is 6.61 Å². The Morgan fingerprint density at radius 2 is 1.68 bits per heavy atom. The first-order valence-corrected chi connectivity index (χ1v) is 10.4. The van der Waals surface area contributed by atoms with E-state index in [0.29, 0.717) is 11.7 Å². The highest BCUT2D eigenvalue weighted by Crippen LogP contribution is 2.59. The Balaban J connectivity index is 2.51. The fraction of sp³-hybridized carbons (Fsp3) is 0.333. The van der Waals surface area contributed by atoms with E-state index in [9.17, 15) is 9.67 Å². The van der Waals surface area contributed by atoms with Gasteiger partial charge in [-0.05, 0) is 42.8 Å². The molecular formula is C18H22Cl2NO3P. The van der Waals surface area contributed by atoms with Crippen LogP contribution in [0, 0.1) is 0 Å². The van der Waals surface area contributed by atoms with Gasteiger partial charge in [-0.25, -0.2) is 0 Å². The first-order valence-electron chi connectivity index (χ1n) is 7.95. The summed E-state index contributed by atoms with van der Waals surface area (Å²) in [5, 5.41) is 11.8. The number of hydrogen-bond acceptors (Lipinski definition) is 4. The van der Waals surface area contributed by atoms with Crippen LogP contribution >= 0.6 is 30.6 Å². The molecule has 2 rings (SSSR count). The Bertz CT molecular complexity index is 745. The van der Waals surface area contributed by atoms with E-state index < -0.39 is 13.2 Å². The Morgan fingerprint density at radius 3 is 2.16 bits per heavy atom. The van der Waals surface area contributed by atoms with Crippen molar-refractivity contribution in [2.24, 2.45) is 0 Å². The highest BCUT2D eigenvalue weighted by atomic mass is 35.5. The molecule has 7 heteroatoms. The predicted octanol–water partition coefficient (Wildman–Crippen LogP) is 5.08. The molecule has 4 nitrogen and oxygen atoms in total. The van der Waals surface area contributed by atoms with E-state index in [0.717, 1.165) is 5.69 Å². The molecule has 136 valence electrons. The van der Waals surface area contributed by atoms with Gasteiger partial charge in [-0.2, -0.15) is 0 Å². The number of halogens is 2. The van der Waals surface area contributed by atoms with Crippen LogP contribution in [-0.4, -0.2) is 25.8 Å². The summed E-state index contributed by atoms with van der Waals surface area (Å²) in [6, 6.07) is 12.0.